The fourth-order valence-corrected chi connectivity index (χ4v) is 2.83. The van der Waals surface area contributed by atoms with Crippen molar-refractivity contribution >= 4 is 0 Å². The van der Waals surface area contributed by atoms with Crippen LogP contribution in [0.25, 0.3) is 0 Å². The van der Waals surface area contributed by atoms with Crippen LogP contribution >= 0.6 is 0 Å². The molecule has 1 aliphatic heterocycles. The Hall–Kier alpha value is -1.41. The molecule has 1 aromatic carbocycles. The molecule has 1 heterocycles. The Bertz CT molecular complexity index is 465. The smallest absolute Gasteiger partial charge is 0.131 e. The summed E-state index contributed by atoms with van der Waals surface area (Å²) in [5.74, 6) is 0.703. The molecule has 4 heteroatoms. The second-order valence-electron chi connectivity index (χ2n) is 6.02. The molecule has 1 fully saturated rings. The maximum Gasteiger partial charge on any atom is 0.131 e. The van der Waals surface area contributed by atoms with Gasteiger partial charge in [-0.05, 0) is 37.8 Å². The third-order valence-electron chi connectivity index (χ3n) is 4.29. The predicted molar refractivity (Wildman–Crippen MR) is 83.6 cm³/mol. The third-order valence-corrected chi connectivity index (χ3v) is 4.29. The molecule has 0 amide bonds. The minimum atomic E-state index is -0.898. The number of nitriles is 1. The molecule has 1 aromatic rings. The maximum absolute atomic E-state index is 9.46. The summed E-state index contributed by atoms with van der Waals surface area (Å²) in [7, 11) is 2.11. The summed E-state index contributed by atoms with van der Waals surface area (Å²) in [5, 5.41) is 9.46. The molecule has 21 heavy (non-hydrogen) atoms. The predicted octanol–water partition coefficient (Wildman–Crippen LogP) is 2.11. The van der Waals surface area contributed by atoms with E-state index in [9.17, 15) is 5.26 Å². The molecule has 2 N–H and O–H groups in total. The largest absolute Gasteiger partial charge is 0.381 e. The maximum atomic E-state index is 9.46. The summed E-state index contributed by atoms with van der Waals surface area (Å²) in [4.78, 5) is 2.29. The normalized spacial score (nSPS) is 19.1. The number of nitrogens with two attached hydrogens (primary N) is 1. The zero-order valence-corrected chi connectivity index (χ0v) is 12.8. The molecule has 0 aromatic heterocycles. The van der Waals surface area contributed by atoms with E-state index in [2.05, 4.69) is 18.0 Å². The minimum Gasteiger partial charge on any atom is -0.381 e. The summed E-state index contributed by atoms with van der Waals surface area (Å²) in [6.07, 6.45) is 2.91. The minimum absolute atomic E-state index is 0.646. The highest BCUT2D eigenvalue weighted by atomic mass is 16.5. The van der Waals surface area contributed by atoms with E-state index >= 15 is 0 Å². The van der Waals surface area contributed by atoms with Crippen molar-refractivity contribution in [2.45, 2.75) is 24.8 Å². The Balaban J connectivity index is 1.86. The molecule has 114 valence electrons. The number of rotatable bonds is 6. The van der Waals surface area contributed by atoms with E-state index < -0.39 is 5.54 Å². The lowest BCUT2D eigenvalue weighted by molar-refractivity contribution is 0.0552. The lowest BCUT2D eigenvalue weighted by Gasteiger charge is -2.29. The summed E-state index contributed by atoms with van der Waals surface area (Å²) in [5.41, 5.74) is 6.29. The van der Waals surface area contributed by atoms with Crippen LogP contribution in [0.3, 0.4) is 0 Å². The van der Waals surface area contributed by atoms with Crippen molar-refractivity contribution in [2.75, 3.05) is 33.4 Å². The van der Waals surface area contributed by atoms with Crippen molar-refractivity contribution in [3.05, 3.63) is 35.9 Å². The van der Waals surface area contributed by atoms with Crippen molar-refractivity contribution < 1.29 is 4.74 Å². The monoisotopic (exact) mass is 287 g/mol. The molecule has 0 saturated carbocycles. The fourth-order valence-electron chi connectivity index (χ4n) is 2.83. The highest BCUT2D eigenvalue weighted by Crippen LogP contribution is 2.22. The zero-order chi connectivity index (χ0) is 15.1. The zero-order valence-electron chi connectivity index (χ0n) is 12.8. The number of benzene rings is 1. The van der Waals surface area contributed by atoms with E-state index in [4.69, 9.17) is 10.5 Å². The van der Waals surface area contributed by atoms with E-state index in [0.717, 1.165) is 44.7 Å². The van der Waals surface area contributed by atoms with Crippen molar-refractivity contribution in [1.82, 2.24) is 4.90 Å². The van der Waals surface area contributed by atoms with Gasteiger partial charge in [-0.2, -0.15) is 5.26 Å². The lowest BCUT2D eigenvalue weighted by atomic mass is 9.89. The van der Waals surface area contributed by atoms with Crippen LogP contribution in [0.15, 0.2) is 30.3 Å². The summed E-state index contributed by atoms with van der Waals surface area (Å²) < 4.78 is 5.39. The van der Waals surface area contributed by atoms with Crippen molar-refractivity contribution in [2.24, 2.45) is 11.7 Å². The quantitative estimate of drug-likeness (QED) is 0.870. The molecular formula is C17H25N3O. The van der Waals surface area contributed by atoms with Crippen LogP contribution in [0.5, 0.6) is 0 Å². The molecule has 1 atom stereocenters. The van der Waals surface area contributed by atoms with E-state index in [-0.39, 0.29) is 0 Å². The number of hydrogen-bond acceptors (Lipinski definition) is 4. The highest BCUT2D eigenvalue weighted by Gasteiger charge is 2.27. The van der Waals surface area contributed by atoms with E-state index in [1.54, 1.807) is 0 Å². The Morgan fingerprint density at radius 2 is 2.00 bits per heavy atom. The second-order valence-corrected chi connectivity index (χ2v) is 6.02. The van der Waals surface area contributed by atoms with E-state index in [0.29, 0.717) is 12.3 Å². The summed E-state index contributed by atoms with van der Waals surface area (Å²) in [6, 6.07) is 12.0. The van der Waals surface area contributed by atoms with Gasteiger partial charge in [0.1, 0.15) is 5.54 Å². The van der Waals surface area contributed by atoms with Crippen molar-refractivity contribution in [1.29, 1.82) is 5.26 Å². The molecule has 2 rings (SSSR count). The molecule has 0 radical (unpaired) electrons. The Morgan fingerprint density at radius 1 is 1.33 bits per heavy atom. The first-order chi connectivity index (χ1) is 10.1. The summed E-state index contributed by atoms with van der Waals surface area (Å²) >= 11 is 0. The van der Waals surface area contributed by atoms with Gasteiger partial charge in [0, 0.05) is 26.3 Å². The van der Waals surface area contributed by atoms with Crippen LogP contribution in [0, 0.1) is 17.2 Å². The average Bonchev–Trinajstić information content (AvgIpc) is 2.54. The van der Waals surface area contributed by atoms with Gasteiger partial charge < -0.3 is 15.4 Å². The van der Waals surface area contributed by atoms with Gasteiger partial charge in [0.2, 0.25) is 0 Å². The van der Waals surface area contributed by atoms with Gasteiger partial charge in [-0.3, -0.25) is 0 Å². The van der Waals surface area contributed by atoms with Crippen LogP contribution < -0.4 is 5.73 Å². The molecule has 0 bridgehead atoms. The average molecular weight is 287 g/mol. The first-order valence-electron chi connectivity index (χ1n) is 7.66. The summed E-state index contributed by atoms with van der Waals surface area (Å²) in [6.45, 7) is 3.64. The van der Waals surface area contributed by atoms with Gasteiger partial charge >= 0.3 is 0 Å². The first-order valence-corrected chi connectivity index (χ1v) is 7.66. The molecule has 4 nitrogen and oxygen atoms in total. The third kappa shape index (κ3) is 4.53. The lowest BCUT2D eigenvalue weighted by Crippen LogP contribution is -2.40. The van der Waals surface area contributed by atoms with Crippen molar-refractivity contribution in [3.8, 4) is 6.07 Å². The Labute approximate surface area is 127 Å². The SMILES string of the molecule is CN(CCC(N)(C#N)c1ccccc1)CC1CCOCC1. The number of nitrogens with zero attached hydrogens (tertiary/aromatic N) is 2. The fraction of sp³-hybridized carbons (Fsp3) is 0.588. The molecule has 0 aliphatic carbocycles. The van der Waals surface area contributed by atoms with E-state index in [1.807, 2.05) is 30.3 Å². The van der Waals surface area contributed by atoms with Gasteiger partial charge in [0.05, 0.1) is 6.07 Å². The van der Waals surface area contributed by atoms with Crippen molar-refractivity contribution in [3.63, 3.8) is 0 Å². The van der Waals surface area contributed by atoms with Gasteiger partial charge in [-0.1, -0.05) is 30.3 Å². The molecular weight excluding hydrogens is 262 g/mol. The Morgan fingerprint density at radius 3 is 2.62 bits per heavy atom. The van der Waals surface area contributed by atoms with Gasteiger partial charge in [-0.15, -0.1) is 0 Å². The first kappa shape index (κ1) is 16.0. The molecule has 0 spiro atoms. The van der Waals surface area contributed by atoms with Gasteiger partial charge in [0.25, 0.3) is 0 Å². The van der Waals surface area contributed by atoms with Crippen LogP contribution in [0.2, 0.25) is 0 Å². The highest BCUT2D eigenvalue weighted by molar-refractivity contribution is 5.30. The topological polar surface area (TPSA) is 62.3 Å². The molecule has 1 aliphatic rings. The molecule has 1 unspecified atom stereocenters. The van der Waals surface area contributed by atoms with Gasteiger partial charge in [-0.25, -0.2) is 0 Å². The standard InChI is InChI=1S/C17H25N3O/c1-20(13-15-7-11-21-12-8-15)10-9-17(19,14-18)16-5-3-2-4-6-16/h2-6,15H,7-13,19H2,1H3. The molecule has 1 saturated heterocycles. The van der Waals surface area contributed by atoms with Crippen LogP contribution in [-0.2, 0) is 10.3 Å². The number of ether oxygens (including phenoxy) is 1. The van der Waals surface area contributed by atoms with E-state index in [1.165, 1.54) is 0 Å². The van der Waals surface area contributed by atoms with Crippen LogP contribution in [0.1, 0.15) is 24.8 Å². The van der Waals surface area contributed by atoms with Crippen LogP contribution in [-0.4, -0.2) is 38.3 Å². The second kappa shape index (κ2) is 7.56. The Kier molecular flexibility index (Phi) is 5.75. The number of hydrogen-bond donors (Lipinski definition) is 1. The van der Waals surface area contributed by atoms with Crippen LogP contribution in [0.4, 0.5) is 0 Å². The van der Waals surface area contributed by atoms with Gasteiger partial charge in [0.15, 0.2) is 0 Å².